The third-order valence-electron chi connectivity index (χ3n) is 11.3. The Morgan fingerprint density at radius 3 is 1.19 bits per heavy atom. The summed E-state index contributed by atoms with van der Waals surface area (Å²) in [7, 11) is 0. The molecule has 1 heteroatoms. The molecule has 10 aromatic rings. The largest absolute Gasteiger partial charge is 0.310 e. The number of nitrogens with zero attached hydrogens (tertiary/aromatic N) is 1. The zero-order valence-electron chi connectivity index (χ0n) is 32.6. The van der Waals surface area contributed by atoms with Crippen LogP contribution >= 0.6 is 0 Å². The molecule has 59 heavy (non-hydrogen) atoms. The number of benzene rings is 10. The fourth-order valence-corrected chi connectivity index (χ4v) is 8.27. The lowest BCUT2D eigenvalue weighted by Gasteiger charge is -2.28. The van der Waals surface area contributed by atoms with Gasteiger partial charge in [0.25, 0.3) is 0 Å². The number of para-hydroxylation sites is 1. The van der Waals surface area contributed by atoms with Crippen LogP contribution in [0.1, 0.15) is 0 Å². The monoisotopic (exact) mass is 751 g/mol. The summed E-state index contributed by atoms with van der Waals surface area (Å²) in [4.78, 5) is 2.40. The first-order valence-electron chi connectivity index (χ1n) is 20.2. The van der Waals surface area contributed by atoms with E-state index in [1.807, 2.05) is 0 Å². The third kappa shape index (κ3) is 7.34. The Balaban J connectivity index is 1.05. The topological polar surface area (TPSA) is 3.24 Å². The fourth-order valence-electron chi connectivity index (χ4n) is 8.27. The molecular formula is C58H41N. The number of hydrogen-bond acceptors (Lipinski definition) is 1. The van der Waals surface area contributed by atoms with Crippen molar-refractivity contribution in [3.05, 3.63) is 249 Å². The van der Waals surface area contributed by atoms with Gasteiger partial charge < -0.3 is 4.90 Å². The molecule has 10 aromatic carbocycles. The summed E-state index contributed by atoms with van der Waals surface area (Å²) < 4.78 is 0. The van der Waals surface area contributed by atoms with Crippen LogP contribution in [0.15, 0.2) is 249 Å². The van der Waals surface area contributed by atoms with E-state index in [1.54, 1.807) is 0 Å². The first-order valence-corrected chi connectivity index (χ1v) is 20.2. The van der Waals surface area contributed by atoms with Crippen LogP contribution in [-0.2, 0) is 0 Å². The quantitative estimate of drug-likeness (QED) is 0.142. The van der Waals surface area contributed by atoms with E-state index in [4.69, 9.17) is 0 Å². The molecule has 0 bridgehead atoms. The molecule has 0 atom stereocenters. The van der Waals surface area contributed by atoms with Crippen LogP contribution in [0.5, 0.6) is 0 Å². The lowest BCUT2D eigenvalue weighted by molar-refractivity contribution is 1.28. The summed E-state index contributed by atoms with van der Waals surface area (Å²) in [6.45, 7) is 0. The van der Waals surface area contributed by atoms with Gasteiger partial charge in [-0.25, -0.2) is 0 Å². The lowest BCUT2D eigenvalue weighted by Crippen LogP contribution is -2.11. The van der Waals surface area contributed by atoms with E-state index in [-0.39, 0.29) is 0 Å². The van der Waals surface area contributed by atoms with E-state index >= 15 is 0 Å². The first-order chi connectivity index (χ1) is 29.2. The maximum absolute atomic E-state index is 2.40. The van der Waals surface area contributed by atoms with Crippen molar-refractivity contribution < 1.29 is 0 Å². The molecule has 0 amide bonds. The number of anilines is 3. The Kier molecular flexibility index (Phi) is 9.68. The molecule has 0 heterocycles. The highest BCUT2D eigenvalue weighted by atomic mass is 15.1. The molecule has 0 aliphatic carbocycles. The van der Waals surface area contributed by atoms with Crippen molar-refractivity contribution in [1.29, 1.82) is 0 Å². The van der Waals surface area contributed by atoms with Crippen molar-refractivity contribution >= 4 is 27.8 Å². The second-order valence-corrected chi connectivity index (χ2v) is 14.9. The average molecular weight is 752 g/mol. The lowest BCUT2D eigenvalue weighted by atomic mass is 9.94. The molecule has 0 saturated heterocycles. The predicted molar refractivity (Wildman–Crippen MR) is 251 cm³/mol. The highest BCUT2D eigenvalue weighted by molar-refractivity contribution is 5.98. The smallest absolute Gasteiger partial charge is 0.0540 e. The molecule has 0 radical (unpaired) electrons. The molecule has 0 fully saturated rings. The van der Waals surface area contributed by atoms with Gasteiger partial charge in [0, 0.05) is 16.9 Å². The average Bonchev–Trinajstić information content (AvgIpc) is 3.33. The summed E-state index contributed by atoms with van der Waals surface area (Å²) in [5.74, 6) is 0. The van der Waals surface area contributed by atoms with Gasteiger partial charge >= 0.3 is 0 Å². The minimum absolute atomic E-state index is 1.09. The second kappa shape index (κ2) is 16.0. The van der Waals surface area contributed by atoms with Gasteiger partial charge in [-0.05, 0) is 114 Å². The summed E-state index contributed by atoms with van der Waals surface area (Å²) in [5, 5.41) is 2.50. The molecule has 0 aliphatic rings. The highest BCUT2D eigenvalue weighted by Gasteiger charge is 2.18. The van der Waals surface area contributed by atoms with Crippen LogP contribution in [-0.4, -0.2) is 0 Å². The van der Waals surface area contributed by atoms with E-state index in [0.717, 1.165) is 22.6 Å². The Morgan fingerprint density at radius 2 is 0.576 bits per heavy atom. The first kappa shape index (κ1) is 35.7. The molecule has 278 valence electrons. The Bertz CT molecular complexity index is 3000. The fraction of sp³-hybridized carbons (Fsp3) is 0. The molecule has 0 unspecified atom stereocenters. The van der Waals surface area contributed by atoms with Gasteiger partial charge in [-0.1, -0.05) is 206 Å². The Morgan fingerprint density at radius 1 is 0.220 bits per heavy atom. The minimum Gasteiger partial charge on any atom is -0.310 e. The van der Waals surface area contributed by atoms with Crippen LogP contribution in [0, 0.1) is 0 Å². The van der Waals surface area contributed by atoms with Crippen molar-refractivity contribution in [3.8, 4) is 66.8 Å². The van der Waals surface area contributed by atoms with E-state index in [0.29, 0.717) is 0 Å². The van der Waals surface area contributed by atoms with Gasteiger partial charge in [-0.15, -0.1) is 0 Å². The highest BCUT2D eigenvalue weighted by Crippen LogP contribution is 2.43. The molecule has 1 nitrogen and oxygen atoms in total. The van der Waals surface area contributed by atoms with Crippen molar-refractivity contribution in [1.82, 2.24) is 0 Å². The van der Waals surface area contributed by atoms with Crippen LogP contribution in [0.25, 0.3) is 77.5 Å². The van der Waals surface area contributed by atoms with Crippen LogP contribution in [0.2, 0.25) is 0 Å². The summed E-state index contributed by atoms with van der Waals surface area (Å²) in [6, 6.07) is 89.8. The van der Waals surface area contributed by atoms with Gasteiger partial charge in [0.1, 0.15) is 0 Å². The molecule has 0 aromatic heterocycles. The van der Waals surface area contributed by atoms with Gasteiger partial charge in [-0.3, -0.25) is 0 Å². The zero-order valence-corrected chi connectivity index (χ0v) is 32.6. The van der Waals surface area contributed by atoms with Gasteiger partial charge in [-0.2, -0.15) is 0 Å². The SMILES string of the molecule is c1ccc(-c2ccc(-c3ccc(N(c4ccc(-c5cccc(-c6ccccc6)c5)cc4)c4ccccc4-c4cccc(-c5cccc6ccccc56)c4)cc3)cc2)cc1. The predicted octanol–water partition coefficient (Wildman–Crippen LogP) is 16.3. The van der Waals surface area contributed by atoms with Gasteiger partial charge in [0.15, 0.2) is 0 Å². The van der Waals surface area contributed by atoms with Crippen molar-refractivity contribution in [2.45, 2.75) is 0 Å². The summed E-state index contributed by atoms with van der Waals surface area (Å²) in [6.07, 6.45) is 0. The molecule has 10 rings (SSSR count). The number of hydrogen-bond donors (Lipinski definition) is 0. The summed E-state index contributed by atoms with van der Waals surface area (Å²) in [5.41, 5.74) is 17.7. The molecule has 0 spiro atoms. The zero-order chi connectivity index (χ0) is 39.4. The van der Waals surface area contributed by atoms with E-state index < -0.39 is 0 Å². The molecule has 0 saturated carbocycles. The Hall–Kier alpha value is -7.74. The maximum Gasteiger partial charge on any atom is 0.0540 e. The standard InChI is InChI=1S/C58H41N/c1-3-14-42(15-4-1)44-28-30-45(31-29-44)46-32-36-53(37-33-46)59(54-38-34-47(35-39-54)50-21-11-20-49(40-50)43-16-5-2-6-17-43)58-27-10-9-25-57(58)52-23-12-22-51(41-52)56-26-13-19-48-18-7-8-24-55(48)56/h1-41H. The number of fused-ring (bicyclic) bond motifs is 1. The normalized spacial score (nSPS) is 11.1. The third-order valence-corrected chi connectivity index (χ3v) is 11.3. The number of rotatable bonds is 9. The Labute approximate surface area is 346 Å². The van der Waals surface area contributed by atoms with E-state index in [2.05, 4.69) is 254 Å². The van der Waals surface area contributed by atoms with Crippen molar-refractivity contribution in [2.75, 3.05) is 4.90 Å². The van der Waals surface area contributed by atoms with E-state index in [9.17, 15) is 0 Å². The maximum atomic E-state index is 2.40. The van der Waals surface area contributed by atoms with E-state index in [1.165, 1.54) is 72.0 Å². The molecular weight excluding hydrogens is 711 g/mol. The van der Waals surface area contributed by atoms with Gasteiger partial charge in [0.05, 0.1) is 5.69 Å². The second-order valence-electron chi connectivity index (χ2n) is 14.9. The van der Waals surface area contributed by atoms with Crippen LogP contribution in [0.3, 0.4) is 0 Å². The van der Waals surface area contributed by atoms with Crippen LogP contribution in [0.4, 0.5) is 17.1 Å². The van der Waals surface area contributed by atoms with Crippen molar-refractivity contribution in [3.63, 3.8) is 0 Å². The molecule has 0 N–H and O–H groups in total. The van der Waals surface area contributed by atoms with Gasteiger partial charge in [0.2, 0.25) is 0 Å². The minimum atomic E-state index is 1.09. The van der Waals surface area contributed by atoms with Crippen molar-refractivity contribution in [2.24, 2.45) is 0 Å². The molecule has 0 aliphatic heterocycles. The van der Waals surface area contributed by atoms with Crippen LogP contribution < -0.4 is 4.90 Å². The summed E-state index contributed by atoms with van der Waals surface area (Å²) >= 11 is 0.